The highest BCUT2D eigenvalue weighted by atomic mass is 16.1. The van der Waals surface area contributed by atoms with Crippen molar-refractivity contribution in [1.82, 2.24) is 9.97 Å². The zero-order chi connectivity index (χ0) is 16.2. The van der Waals surface area contributed by atoms with E-state index in [-0.39, 0.29) is 0 Å². The van der Waals surface area contributed by atoms with E-state index in [0.29, 0.717) is 0 Å². The molecule has 0 saturated carbocycles. The average molecular weight is 307 g/mol. The van der Waals surface area contributed by atoms with Crippen LogP contribution in [0.5, 0.6) is 0 Å². The number of hydrogen-bond donors (Lipinski definition) is 1. The van der Waals surface area contributed by atoms with Crippen molar-refractivity contribution in [2.75, 3.05) is 19.0 Å². The molecule has 0 aliphatic rings. The highest BCUT2D eigenvalue weighted by Gasteiger charge is 2.08. The summed E-state index contributed by atoms with van der Waals surface area (Å²) in [4.78, 5) is 20.9. The zero-order valence-corrected chi connectivity index (χ0v) is 13.5. The quantitative estimate of drug-likeness (QED) is 0.708. The number of carbonyl (C=O) groups excluding carboxylic acids is 1. The Morgan fingerprint density at radius 2 is 1.87 bits per heavy atom. The SMILES string of the molecule is CN(C)c1cccc2[nH]c(CCCc3ccc(C=O)cc3)nc12. The summed E-state index contributed by atoms with van der Waals surface area (Å²) < 4.78 is 0. The molecule has 0 aliphatic heterocycles. The van der Waals surface area contributed by atoms with Gasteiger partial charge in [0, 0.05) is 26.1 Å². The van der Waals surface area contributed by atoms with Gasteiger partial charge >= 0.3 is 0 Å². The van der Waals surface area contributed by atoms with Crippen LogP contribution in [0, 0.1) is 0 Å². The first-order valence-corrected chi connectivity index (χ1v) is 7.86. The van der Waals surface area contributed by atoms with Gasteiger partial charge in [-0.2, -0.15) is 0 Å². The van der Waals surface area contributed by atoms with Crippen LogP contribution in [0.25, 0.3) is 11.0 Å². The molecule has 4 heteroatoms. The van der Waals surface area contributed by atoms with Gasteiger partial charge in [-0.3, -0.25) is 4.79 Å². The van der Waals surface area contributed by atoms with E-state index < -0.39 is 0 Å². The van der Waals surface area contributed by atoms with Crippen LogP contribution in [0.15, 0.2) is 42.5 Å². The van der Waals surface area contributed by atoms with Crippen molar-refractivity contribution in [3.8, 4) is 0 Å². The second-order valence-corrected chi connectivity index (χ2v) is 5.96. The van der Waals surface area contributed by atoms with Gasteiger partial charge in [0.25, 0.3) is 0 Å². The number of aromatic amines is 1. The Morgan fingerprint density at radius 3 is 2.57 bits per heavy atom. The van der Waals surface area contributed by atoms with Crippen molar-refractivity contribution in [2.24, 2.45) is 0 Å². The van der Waals surface area contributed by atoms with Crippen LogP contribution in [-0.2, 0) is 12.8 Å². The monoisotopic (exact) mass is 307 g/mol. The number of aromatic nitrogens is 2. The Labute approximate surface area is 136 Å². The lowest BCUT2D eigenvalue weighted by atomic mass is 10.1. The number of H-pyrrole nitrogens is 1. The summed E-state index contributed by atoms with van der Waals surface area (Å²) in [5.74, 6) is 1.03. The Morgan fingerprint density at radius 1 is 1.09 bits per heavy atom. The third-order valence-electron chi connectivity index (χ3n) is 4.02. The molecule has 1 aromatic heterocycles. The van der Waals surface area contributed by atoms with E-state index >= 15 is 0 Å². The van der Waals surface area contributed by atoms with Crippen molar-refractivity contribution < 1.29 is 4.79 Å². The van der Waals surface area contributed by atoms with E-state index in [1.165, 1.54) is 5.56 Å². The Balaban J connectivity index is 1.67. The van der Waals surface area contributed by atoms with Gasteiger partial charge in [-0.15, -0.1) is 0 Å². The number of anilines is 1. The van der Waals surface area contributed by atoms with Crippen molar-refractivity contribution >= 4 is 23.0 Å². The number of para-hydroxylation sites is 1. The minimum Gasteiger partial charge on any atom is -0.376 e. The molecular weight excluding hydrogens is 286 g/mol. The molecule has 0 bridgehead atoms. The van der Waals surface area contributed by atoms with Gasteiger partial charge < -0.3 is 9.88 Å². The molecule has 0 unspecified atom stereocenters. The smallest absolute Gasteiger partial charge is 0.150 e. The number of aldehydes is 1. The molecule has 0 fully saturated rings. The van der Waals surface area contributed by atoms with Gasteiger partial charge in [0.15, 0.2) is 0 Å². The van der Waals surface area contributed by atoms with E-state index in [0.717, 1.165) is 53.7 Å². The highest BCUT2D eigenvalue weighted by molar-refractivity contribution is 5.88. The van der Waals surface area contributed by atoms with Gasteiger partial charge in [0.2, 0.25) is 0 Å². The molecule has 3 rings (SSSR count). The van der Waals surface area contributed by atoms with Crippen molar-refractivity contribution in [1.29, 1.82) is 0 Å². The van der Waals surface area contributed by atoms with Crippen LogP contribution < -0.4 is 4.90 Å². The van der Waals surface area contributed by atoms with Gasteiger partial charge in [-0.25, -0.2) is 4.98 Å². The summed E-state index contributed by atoms with van der Waals surface area (Å²) in [5, 5.41) is 0. The lowest BCUT2D eigenvalue weighted by Gasteiger charge is -2.12. The van der Waals surface area contributed by atoms with Crippen LogP contribution >= 0.6 is 0 Å². The maximum Gasteiger partial charge on any atom is 0.150 e. The first-order chi connectivity index (χ1) is 11.2. The second kappa shape index (κ2) is 6.65. The molecule has 0 amide bonds. The third-order valence-corrected chi connectivity index (χ3v) is 4.02. The van der Waals surface area contributed by atoms with E-state index in [1.54, 1.807) is 0 Å². The average Bonchev–Trinajstić information content (AvgIpc) is 2.98. The van der Waals surface area contributed by atoms with E-state index in [2.05, 4.69) is 22.0 Å². The van der Waals surface area contributed by atoms with E-state index in [4.69, 9.17) is 4.98 Å². The molecule has 1 N–H and O–H groups in total. The summed E-state index contributed by atoms with van der Waals surface area (Å²) in [7, 11) is 4.07. The topological polar surface area (TPSA) is 49.0 Å². The maximum absolute atomic E-state index is 10.7. The number of hydrogen-bond acceptors (Lipinski definition) is 3. The number of benzene rings is 2. The fraction of sp³-hybridized carbons (Fsp3) is 0.263. The summed E-state index contributed by atoms with van der Waals surface area (Å²) in [6.45, 7) is 0. The third kappa shape index (κ3) is 3.42. The minimum absolute atomic E-state index is 0.724. The Kier molecular flexibility index (Phi) is 4.42. The Bertz CT molecular complexity index is 803. The van der Waals surface area contributed by atoms with E-state index in [1.807, 2.05) is 44.4 Å². The number of rotatable bonds is 6. The van der Waals surface area contributed by atoms with Crippen LogP contribution in [0.4, 0.5) is 5.69 Å². The molecule has 23 heavy (non-hydrogen) atoms. The molecule has 3 aromatic rings. The van der Waals surface area contributed by atoms with Crippen LogP contribution in [0.3, 0.4) is 0 Å². The van der Waals surface area contributed by atoms with Gasteiger partial charge in [0.1, 0.15) is 17.6 Å². The van der Waals surface area contributed by atoms with Gasteiger partial charge in [0.05, 0.1) is 11.2 Å². The molecule has 0 spiro atoms. The molecule has 118 valence electrons. The lowest BCUT2D eigenvalue weighted by Crippen LogP contribution is -2.08. The molecule has 4 nitrogen and oxygen atoms in total. The van der Waals surface area contributed by atoms with Crippen LogP contribution in [0.1, 0.15) is 28.2 Å². The summed E-state index contributed by atoms with van der Waals surface area (Å²) >= 11 is 0. The summed E-state index contributed by atoms with van der Waals surface area (Å²) in [6.07, 6.45) is 3.80. The number of imidazole rings is 1. The van der Waals surface area contributed by atoms with Crippen molar-refractivity contribution in [3.05, 3.63) is 59.4 Å². The molecule has 0 radical (unpaired) electrons. The van der Waals surface area contributed by atoms with Crippen LogP contribution in [-0.4, -0.2) is 30.3 Å². The number of nitrogens with one attached hydrogen (secondary N) is 1. The number of carbonyl (C=O) groups is 1. The normalized spacial score (nSPS) is 10.9. The summed E-state index contributed by atoms with van der Waals surface area (Å²) in [6, 6.07) is 14.0. The largest absolute Gasteiger partial charge is 0.376 e. The number of nitrogens with zero attached hydrogens (tertiary/aromatic N) is 2. The van der Waals surface area contributed by atoms with Crippen molar-refractivity contribution in [2.45, 2.75) is 19.3 Å². The molecule has 1 heterocycles. The first-order valence-electron chi connectivity index (χ1n) is 7.86. The number of aryl methyl sites for hydroxylation is 2. The maximum atomic E-state index is 10.7. The first kappa shape index (κ1) is 15.3. The van der Waals surface area contributed by atoms with Crippen molar-refractivity contribution in [3.63, 3.8) is 0 Å². The predicted octanol–water partition coefficient (Wildman–Crippen LogP) is 3.62. The summed E-state index contributed by atoms with van der Waals surface area (Å²) in [5.41, 5.74) is 5.22. The Hall–Kier alpha value is -2.62. The molecule has 0 saturated heterocycles. The minimum atomic E-state index is 0.724. The van der Waals surface area contributed by atoms with Gasteiger partial charge in [-0.05, 0) is 30.5 Å². The molecule has 2 aromatic carbocycles. The number of fused-ring (bicyclic) bond motifs is 1. The molecule has 0 aliphatic carbocycles. The standard InChI is InChI=1S/C19H21N3O/c1-22(2)17-7-4-6-16-19(17)21-18(20-16)8-3-5-14-9-11-15(13-23)12-10-14/h4,6-7,9-13H,3,5,8H2,1-2H3,(H,20,21). The van der Waals surface area contributed by atoms with Crippen LogP contribution in [0.2, 0.25) is 0 Å². The highest BCUT2D eigenvalue weighted by Crippen LogP contribution is 2.23. The second-order valence-electron chi connectivity index (χ2n) is 5.96. The predicted molar refractivity (Wildman–Crippen MR) is 94.3 cm³/mol. The lowest BCUT2D eigenvalue weighted by molar-refractivity contribution is 0.112. The van der Waals surface area contributed by atoms with E-state index in [9.17, 15) is 4.79 Å². The molecule has 0 atom stereocenters. The fourth-order valence-corrected chi connectivity index (χ4v) is 2.77. The molecular formula is C19H21N3O. The zero-order valence-electron chi connectivity index (χ0n) is 13.5. The fourth-order valence-electron chi connectivity index (χ4n) is 2.77. The van der Waals surface area contributed by atoms with Gasteiger partial charge in [-0.1, -0.05) is 30.3 Å².